The number of amides is 1. The van der Waals surface area contributed by atoms with E-state index in [1.807, 2.05) is 18.2 Å². The van der Waals surface area contributed by atoms with E-state index in [0.717, 1.165) is 55.7 Å². The third kappa shape index (κ3) is 3.71. The van der Waals surface area contributed by atoms with E-state index in [1.165, 1.54) is 17.8 Å². The van der Waals surface area contributed by atoms with E-state index in [0.29, 0.717) is 19.0 Å². The van der Waals surface area contributed by atoms with E-state index in [1.54, 1.807) is 12.1 Å². The first-order valence-corrected chi connectivity index (χ1v) is 11.7. The fourth-order valence-electron chi connectivity index (χ4n) is 5.71. The maximum Gasteiger partial charge on any atom is 0.223 e. The summed E-state index contributed by atoms with van der Waals surface area (Å²) in [4.78, 5) is 22.6. The van der Waals surface area contributed by atoms with E-state index >= 15 is 0 Å². The largest absolute Gasteiger partial charge is 0.331 e. The topological polar surface area (TPSA) is 40.9 Å². The third-order valence-corrected chi connectivity index (χ3v) is 7.54. The van der Waals surface area contributed by atoms with Gasteiger partial charge in [0, 0.05) is 38.3 Å². The number of carbonyl (C=O) groups excluding carboxylic acids is 1. The number of halogens is 1. The van der Waals surface area contributed by atoms with Crippen LogP contribution < -0.4 is 0 Å². The zero-order chi connectivity index (χ0) is 22.3. The molecule has 1 amide bonds. The molecule has 3 aromatic rings. The Morgan fingerprint density at radius 3 is 2.75 bits per heavy atom. The first-order valence-electron chi connectivity index (χ1n) is 11.7. The Balaban J connectivity index is 1.45. The smallest absolute Gasteiger partial charge is 0.223 e. The van der Waals surface area contributed by atoms with Crippen molar-refractivity contribution in [2.75, 3.05) is 6.54 Å². The molecule has 1 aromatic carbocycles. The van der Waals surface area contributed by atoms with Crippen molar-refractivity contribution in [1.29, 1.82) is 0 Å². The van der Waals surface area contributed by atoms with Crippen LogP contribution in [0.2, 0.25) is 0 Å². The van der Waals surface area contributed by atoms with Crippen LogP contribution in [-0.4, -0.2) is 43.2 Å². The molecule has 2 saturated heterocycles. The number of benzene rings is 1. The average molecular weight is 435 g/mol. The molecule has 32 heavy (non-hydrogen) atoms. The minimum atomic E-state index is -0.243. The highest BCUT2D eigenvalue weighted by Crippen LogP contribution is 2.40. The quantitative estimate of drug-likeness (QED) is 0.597. The van der Waals surface area contributed by atoms with Crippen LogP contribution >= 0.6 is 0 Å². The average Bonchev–Trinajstić information content (AvgIpc) is 3.26. The van der Waals surface area contributed by atoms with E-state index < -0.39 is 0 Å². The lowest BCUT2D eigenvalue weighted by molar-refractivity contribution is -0.140. The molecular formula is C26H31FN4O. The predicted octanol–water partition coefficient (Wildman–Crippen LogP) is 4.72. The molecule has 4 heterocycles. The van der Waals surface area contributed by atoms with Crippen molar-refractivity contribution in [1.82, 2.24) is 19.2 Å². The van der Waals surface area contributed by atoms with Gasteiger partial charge in [0.1, 0.15) is 11.5 Å². The van der Waals surface area contributed by atoms with Crippen molar-refractivity contribution in [2.45, 2.75) is 70.6 Å². The number of fused-ring (bicyclic) bond motifs is 2. The third-order valence-electron chi connectivity index (χ3n) is 7.54. The molecule has 6 heteroatoms. The Labute approximate surface area is 188 Å². The van der Waals surface area contributed by atoms with Crippen LogP contribution in [0.5, 0.6) is 0 Å². The molecule has 0 bridgehead atoms. The van der Waals surface area contributed by atoms with Crippen LogP contribution in [0.4, 0.5) is 4.39 Å². The van der Waals surface area contributed by atoms with Gasteiger partial charge in [-0.1, -0.05) is 24.6 Å². The highest BCUT2D eigenvalue weighted by atomic mass is 19.1. The molecule has 2 fully saturated rings. The Morgan fingerprint density at radius 2 is 1.94 bits per heavy atom. The maximum atomic E-state index is 13.4. The minimum Gasteiger partial charge on any atom is -0.331 e. The van der Waals surface area contributed by atoms with Gasteiger partial charge in [-0.2, -0.15) is 0 Å². The van der Waals surface area contributed by atoms with Crippen molar-refractivity contribution in [3.63, 3.8) is 0 Å². The summed E-state index contributed by atoms with van der Waals surface area (Å²) >= 11 is 0. The number of carbonyl (C=O) groups is 1. The summed E-state index contributed by atoms with van der Waals surface area (Å²) in [5.41, 5.74) is 4.02. The zero-order valence-corrected chi connectivity index (χ0v) is 18.9. The van der Waals surface area contributed by atoms with Crippen molar-refractivity contribution < 1.29 is 9.18 Å². The highest BCUT2D eigenvalue weighted by molar-refractivity contribution is 5.77. The van der Waals surface area contributed by atoms with Gasteiger partial charge in [0.2, 0.25) is 5.91 Å². The Morgan fingerprint density at radius 1 is 1.12 bits per heavy atom. The fourth-order valence-corrected chi connectivity index (χ4v) is 5.71. The molecule has 0 N–H and O–H groups in total. The highest BCUT2D eigenvalue weighted by Gasteiger charge is 2.49. The number of nitrogens with zero attached hydrogens (tertiary/aromatic N) is 4. The fraction of sp³-hybridized carbons (Fsp3) is 0.462. The van der Waals surface area contributed by atoms with Crippen LogP contribution in [0, 0.1) is 12.7 Å². The molecule has 168 valence electrons. The van der Waals surface area contributed by atoms with Gasteiger partial charge in [0.05, 0.1) is 16.9 Å². The number of pyridine rings is 1. The van der Waals surface area contributed by atoms with Crippen molar-refractivity contribution in [3.05, 3.63) is 71.4 Å². The van der Waals surface area contributed by atoms with E-state index in [-0.39, 0.29) is 17.3 Å². The van der Waals surface area contributed by atoms with Gasteiger partial charge in [-0.25, -0.2) is 9.37 Å². The van der Waals surface area contributed by atoms with Crippen LogP contribution in [0.25, 0.3) is 5.65 Å². The predicted molar refractivity (Wildman–Crippen MR) is 123 cm³/mol. The molecule has 0 radical (unpaired) electrons. The minimum absolute atomic E-state index is 0.217. The number of likely N-dealkylation sites (tertiary alicyclic amines) is 2. The number of hydrogen-bond acceptors (Lipinski definition) is 3. The number of aryl methyl sites for hydroxylation is 1. The lowest BCUT2D eigenvalue weighted by Crippen LogP contribution is -2.57. The molecule has 0 unspecified atom stereocenters. The zero-order valence-electron chi connectivity index (χ0n) is 18.9. The van der Waals surface area contributed by atoms with Gasteiger partial charge in [-0.3, -0.25) is 9.69 Å². The molecular weight excluding hydrogens is 403 g/mol. The second-order valence-electron chi connectivity index (χ2n) is 9.52. The normalized spacial score (nSPS) is 24.5. The van der Waals surface area contributed by atoms with Crippen LogP contribution in [-0.2, 0) is 17.9 Å². The summed E-state index contributed by atoms with van der Waals surface area (Å²) in [5.74, 6) is -0.0263. The summed E-state index contributed by atoms with van der Waals surface area (Å²) in [6.45, 7) is 6.66. The summed E-state index contributed by atoms with van der Waals surface area (Å²) in [6.07, 6.45) is 6.70. The second kappa shape index (κ2) is 8.32. The summed E-state index contributed by atoms with van der Waals surface area (Å²) in [7, 11) is 0. The lowest BCUT2D eigenvalue weighted by atomic mass is 9.84. The summed E-state index contributed by atoms with van der Waals surface area (Å²) in [6, 6.07) is 13.0. The van der Waals surface area contributed by atoms with Gasteiger partial charge in [0.15, 0.2) is 0 Å². The number of aromatic nitrogens is 2. The molecule has 0 aliphatic carbocycles. The molecule has 0 saturated carbocycles. The standard InChI is InChI=1S/C26H31FN4O/c1-19-22(30-15-6-5-8-24(30)28-19)18-29-16-14-26(2)23(29)7-3-4-9-25(32)31(26)17-20-10-12-21(27)13-11-20/h5-6,8,10-13,15,23H,3-4,7,9,14,16-18H2,1-2H3/t23-,26-/m1/s1. The summed E-state index contributed by atoms with van der Waals surface area (Å²) in [5, 5.41) is 0. The van der Waals surface area contributed by atoms with Gasteiger partial charge in [-0.05, 0) is 62.9 Å². The van der Waals surface area contributed by atoms with Gasteiger partial charge in [0.25, 0.3) is 0 Å². The van der Waals surface area contributed by atoms with Crippen LogP contribution in [0.1, 0.15) is 56.0 Å². The molecule has 0 spiro atoms. The lowest BCUT2D eigenvalue weighted by Gasteiger charge is -2.46. The van der Waals surface area contributed by atoms with Gasteiger partial charge in [-0.15, -0.1) is 0 Å². The van der Waals surface area contributed by atoms with Gasteiger partial charge >= 0.3 is 0 Å². The van der Waals surface area contributed by atoms with E-state index in [2.05, 4.69) is 34.2 Å². The molecule has 2 aromatic heterocycles. The molecule has 5 rings (SSSR count). The molecule has 2 aliphatic rings. The van der Waals surface area contributed by atoms with Crippen molar-refractivity contribution in [3.8, 4) is 0 Å². The van der Waals surface area contributed by atoms with Crippen molar-refractivity contribution in [2.24, 2.45) is 0 Å². The Bertz CT molecular complexity index is 1120. The monoisotopic (exact) mass is 434 g/mol. The summed E-state index contributed by atoms with van der Waals surface area (Å²) < 4.78 is 15.6. The van der Waals surface area contributed by atoms with Crippen LogP contribution in [0.15, 0.2) is 48.7 Å². The molecule has 2 atom stereocenters. The van der Waals surface area contributed by atoms with Crippen molar-refractivity contribution >= 4 is 11.6 Å². The second-order valence-corrected chi connectivity index (χ2v) is 9.52. The van der Waals surface area contributed by atoms with Crippen LogP contribution in [0.3, 0.4) is 0 Å². The Kier molecular flexibility index (Phi) is 5.49. The van der Waals surface area contributed by atoms with E-state index in [4.69, 9.17) is 4.98 Å². The SMILES string of the molecule is Cc1nc2ccccn2c1CN1CC[C@]2(C)[C@H]1CCCCC(=O)N2Cc1ccc(F)cc1. The maximum absolute atomic E-state index is 13.4. The molecule has 2 aliphatic heterocycles. The number of imidazole rings is 1. The number of hydrogen-bond donors (Lipinski definition) is 0. The Hall–Kier alpha value is -2.73. The first kappa shape index (κ1) is 21.1. The number of rotatable bonds is 4. The van der Waals surface area contributed by atoms with Gasteiger partial charge < -0.3 is 9.30 Å². The molecule has 5 nitrogen and oxygen atoms in total. The first-order chi connectivity index (χ1) is 15.5. The van der Waals surface area contributed by atoms with E-state index in [9.17, 15) is 9.18 Å².